The Labute approximate surface area is 73.1 Å². The number of carbonyl (C=O) groups excluding carboxylic acids is 1. The van der Waals surface area contributed by atoms with E-state index in [1.165, 1.54) is 0 Å². The van der Waals surface area contributed by atoms with Gasteiger partial charge in [-0.15, -0.1) is 0 Å². The normalized spacial score (nSPS) is 13.1. The third-order valence-corrected chi connectivity index (χ3v) is 2.23. The first-order valence-electron chi connectivity index (χ1n) is 3.92. The predicted molar refractivity (Wildman–Crippen MR) is 47.6 cm³/mol. The molecule has 1 amide bonds. The Kier molecular flexibility index (Phi) is 3.24. The lowest BCUT2D eigenvalue weighted by molar-refractivity contribution is -0.118. The molecule has 72 valence electrons. The molecule has 0 rings (SSSR count). The van der Waals surface area contributed by atoms with Crippen LogP contribution in [-0.2, 0) is 4.79 Å². The van der Waals surface area contributed by atoms with Gasteiger partial charge >= 0.3 is 0 Å². The van der Waals surface area contributed by atoms with Gasteiger partial charge in [0, 0.05) is 5.54 Å². The zero-order valence-corrected chi connectivity index (χ0v) is 8.14. The molecule has 0 atom stereocenters. The van der Waals surface area contributed by atoms with Crippen LogP contribution in [-0.4, -0.2) is 28.7 Å². The second-order valence-corrected chi connectivity index (χ2v) is 4.00. The number of rotatable bonds is 4. The summed E-state index contributed by atoms with van der Waals surface area (Å²) in [6.07, 6.45) is 0. The lowest BCUT2D eigenvalue weighted by Crippen LogP contribution is -2.57. The van der Waals surface area contributed by atoms with Crippen LogP contribution >= 0.6 is 0 Å². The standard InChI is InChI=1S/C8H18N2O2/c1-7(2,8(3,4)12)10-5-6(9)11/h10,12H,5H2,1-4H3,(H2,9,11). The van der Waals surface area contributed by atoms with Gasteiger partial charge in [0.15, 0.2) is 0 Å². The average Bonchev–Trinajstić information content (AvgIpc) is 1.81. The minimum Gasteiger partial charge on any atom is -0.389 e. The lowest BCUT2D eigenvalue weighted by Gasteiger charge is -2.37. The van der Waals surface area contributed by atoms with Gasteiger partial charge in [-0.3, -0.25) is 4.79 Å². The van der Waals surface area contributed by atoms with Crippen molar-refractivity contribution >= 4 is 5.91 Å². The molecule has 0 saturated carbocycles. The third kappa shape index (κ3) is 3.19. The van der Waals surface area contributed by atoms with Gasteiger partial charge in [0.25, 0.3) is 0 Å². The maximum Gasteiger partial charge on any atom is 0.231 e. The lowest BCUT2D eigenvalue weighted by atomic mass is 9.86. The van der Waals surface area contributed by atoms with E-state index in [9.17, 15) is 9.90 Å². The van der Waals surface area contributed by atoms with E-state index in [4.69, 9.17) is 5.73 Å². The van der Waals surface area contributed by atoms with Crippen molar-refractivity contribution in [3.63, 3.8) is 0 Å². The maximum absolute atomic E-state index is 10.5. The predicted octanol–water partition coefficient (Wildman–Crippen LogP) is -0.389. The molecule has 12 heavy (non-hydrogen) atoms. The zero-order chi connectivity index (χ0) is 9.99. The van der Waals surface area contributed by atoms with Crippen LogP contribution in [0.2, 0.25) is 0 Å². The molecular formula is C8H18N2O2. The summed E-state index contributed by atoms with van der Waals surface area (Å²) in [4.78, 5) is 10.5. The largest absolute Gasteiger partial charge is 0.389 e. The van der Waals surface area contributed by atoms with E-state index in [1.807, 2.05) is 13.8 Å². The smallest absolute Gasteiger partial charge is 0.231 e. The van der Waals surface area contributed by atoms with Crippen LogP contribution in [0.15, 0.2) is 0 Å². The van der Waals surface area contributed by atoms with E-state index in [-0.39, 0.29) is 6.54 Å². The van der Waals surface area contributed by atoms with Crippen molar-refractivity contribution in [2.75, 3.05) is 6.54 Å². The molecule has 0 aliphatic heterocycles. The Morgan fingerprint density at radius 3 is 2.08 bits per heavy atom. The summed E-state index contributed by atoms with van der Waals surface area (Å²) in [5, 5.41) is 12.5. The second-order valence-electron chi connectivity index (χ2n) is 4.00. The van der Waals surface area contributed by atoms with E-state index < -0.39 is 17.0 Å². The SMILES string of the molecule is CC(C)(O)C(C)(C)NCC(N)=O. The van der Waals surface area contributed by atoms with Crippen LogP contribution in [0.5, 0.6) is 0 Å². The molecule has 0 unspecified atom stereocenters. The number of amides is 1. The molecule has 4 N–H and O–H groups in total. The fourth-order valence-electron chi connectivity index (χ4n) is 0.524. The van der Waals surface area contributed by atoms with Gasteiger partial charge < -0.3 is 16.2 Å². The molecule has 0 aromatic rings. The topological polar surface area (TPSA) is 75.3 Å². The molecule has 0 fully saturated rings. The molecule has 0 aromatic carbocycles. The number of hydrogen-bond donors (Lipinski definition) is 3. The van der Waals surface area contributed by atoms with Gasteiger partial charge in [-0.1, -0.05) is 0 Å². The fraction of sp³-hybridized carbons (Fsp3) is 0.875. The van der Waals surface area contributed by atoms with Gasteiger partial charge in [-0.05, 0) is 27.7 Å². The summed E-state index contributed by atoms with van der Waals surface area (Å²) in [5.74, 6) is -0.424. The second kappa shape index (κ2) is 3.41. The zero-order valence-electron chi connectivity index (χ0n) is 8.14. The molecule has 4 heteroatoms. The van der Waals surface area contributed by atoms with Crippen LogP contribution in [0, 0.1) is 0 Å². The summed E-state index contributed by atoms with van der Waals surface area (Å²) >= 11 is 0. The molecule has 0 aliphatic rings. The quantitative estimate of drug-likeness (QED) is 0.543. The summed E-state index contributed by atoms with van der Waals surface area (Å²) in [5.41, 5.74) is 3.55. The average molecular weight is 174 g/mol. The highest BCUT2D eigenvalue weighted by Crippen LogP contribution is 2.19. The Morgan fingerprint density at radius 2 is 1.83 bits per heavy atom. The van der Waals surface area contributed by atoms with Crippen molar-refractivity contribution in [3.8, 4) is 0 Å². The minimum absolute atomic E-state index is 0.0803. The van der Waals surface area contributed by atoms with Gasteiger partial charge in [0.05, 0.1) is 12.1 Å². The van der Waals surface area contributed by atoms with Crippen molar-refractivity contribution in [2.45, 2.75) is 38.8 Å². The number of hydrogen-bond acceptors (Lipinski definition) is 3. The van der Waals surface area contributed by atoms with E-state index in [0.717, 1.165) is 0 Å². The van der Waals surface area contributed by atoms with E-state index in [1.54, 1.807) is 13.8 Å². The molecule has 0 aromatic heterocycles. The Balaban J connectivity index is 4.14. The molecule has 0 heterocycles. The molecule has 0 aliphatic carbocycles. The van der Waals surface area contributed by atoms with Gasteiger partial charge in [-0.25, -0.2) is 0 Å². The molecule has 0 radical (unpaired) electrons. The van der Waals surface area contributed by atoms with Crippen LogP contribution < -0.4 is 11.1 Å². The minimum atomic E-state index is -0.886. The summed E-state index contributed by atoms with van der Waals surface area (Å²) < 4.78 is 0. The van der Waals surface area contributed by atoms with E-state index in [0.29, 0.717) is 0 Å². The number of primary amides is 1. The van der Waals surface area contributed by atoms with Gasteiger partial charge in [-0.2, -0.15) is 0 Å². The third-order valence-electron chi connectivity index (χ3n) is 2.23. The molecule has 0 bridgehead atoms. The maximum atomic E-state index is 10.5. The summed E-state index contributed by atoms with van der Waals surface area (Å²) in [6, 6.07) is 0. The first kappa shape index (κ1) is 11.4. The number of carbonyl (C=O) groups is 1. The van der Waals surface area contributed by atoms with Gasteiger partial charge in [0.2, 0.25) is 5.91 Å². The Hall–Kier alpha value is -0.610. The highest BCUT2D eigenvalue weighted by molar-refractivity contribution is 5.76. The van der Waals surface area contributed by atoms with Gasteiger partial charge in [0.1, 0.15) is 0 Å². The Bertz CT molecular complexity index is 170. The van der Waals surface area contributed by atoms with E-state index in [2.05, 4.69) is 5.32 Å². The van der Waals surface area contributed by atoms with Crippen molar-refractivity contribution in [2.24, 2.45) is 5.73 Å². The number of aliphatic hydroxyl groups is 1. The van der Waals surface area contributed by atoms with Crippen molar-refractivity contribution in [1.82, 2.24) is 5.32 Å². The Morgan fingerprint density at radius 1 is 1.42 bits per heavy atom. The fourth-order valence-corrected chi connectivity index (χ4v) is 0.524. The highest BCUT2D eigenvalue weighted by atomic mass is 16.3. The van der Waals surface area contributed by atoms with E-state index >= 15 is 0 Å². The molecule has 0 spiro atoms. The van der Waals surface area contributed by atoms with Crippen molar-refractivity contribution in [3.05, 3.63) is 0 Å². The molecular weight excluding hydrogens is 156 g/mol. The molecule has 4 nitrogen and oxygen atoms in total. The summed E-state index contributed by atoms with van der Waals surface area (Å²) in [7, 11) is 0. The van der Waals surface area contributed by atoms with Crippen molar-refractivity contribution < 1.29 is 9.90 Å². The monoisotopic (exact) mass is 174 g/mol. The van der Waals surface area contributed by atoms with Crippen LogP contribution in [0.1, 0.15) is 27.7 Å². The summed E-state index contributed by atoms with van der Waals surface area (Å²) in [6.45, 7) is 7.07. The molecule has 0 saturated heterocycles. The first-order chi connectivity index (χ1) is 5.17. The van der Waals surface area contributed by atoms with Crippen LogP contribution in [0.3, 0.4) is 0 Å². The van der Waals surface area contributed by atoms with Crippen molar-refractivity contribution in [1.29, 1.82) is 0 Å². The number of nitrogens with two attached hydrogens (primary N) is 1. The first-order valence-corrected chi connectivity index (χ1v) is 3.92. The van der Waals surface area contributed by atoms with Crippen LogP contribution in [0.4, 0.5) is 0 Å². The highest BCUT2D eigenvalue weighted by Gasteiger charge is 2.34. The van der Waals surface area contributed by atoms with Crippen LogP contribution in [0.25, 0.3) is 0 Å². The number of nitrogens with one attached hydrogen (secondary N) is 1.